The van der Waals surface area contributed by atoms with Crippen molar-refractivity contribution in [2.75, 3.05) is 21.7 Å². The summed E-state index contributed by atoms with van der Waals surface area (Å²) in [5.41, 5.74) is 0.225. The number of nitrogens with one attached hydrogen (secondary N) is 1. The molecular weight excluding hydrogens is 426 g/mol. The Morgan fingerprint density at radius 1 is 1.13 bits per heavy atom. The van der Waals surface area contributed by atoms with Crippen LogP contribution >= 0.6 is 11.6 Å². The van der Waals surface area contributed by atoms with E-state index < -0.39 is 15.8 Å². The Labute approximate surface area is 181 Å². The molecule has 0 spiro atoms. The monoisotopic (exact) mass is 449 g/mol. The van der Waals surface area contributed by atoms with Crippen molar-refractivity contribution in [3.8, 4) is 5.75 Å². The normalized spacial score (nSPS) is 17.6. The van der Waals surface area contributed by atoms with Crippen molar-refractivity contribution in [3.63, 3.8) is 0 Å². The number of carbonyl (C=O) groups excluding carboxylic acids is 1. The number of hydrogen-bond acceptors (Lipinski definition) is 4. The molecule has 0 bridgehead atoms. The summed E-state index contributed by atoms with van der Waals surface area (Å²) in [6, 6.07) is 14.1. The fourth-order valence-electron chi connectivity index (χ4n) is 3.47. The Balaban J connectivity index is 1.41. The maximum Gasteiger partial charge on any atom is 0.326 e. The number of para-hydroxylation sites is 2. The lowest BCUT2D eigenvalue weighted by Crippen LogP contribution is -2.49. The number of halogens is 1. The molecule has 0 radical (unpaired) electrons. The maximum atomic E-state index is 13.1. The van der Waals surface area contributed by atoms with Crippen molar-refractivity contribution in [1.82, 2.24) is 5.32 Å². The van der Waals surface area contributed by atoms with Gasteiger partial charge in [0, 0.05) is 17.6 Å². The van der Waals surface area contributed by atoms with Gasteiger partial charge in [0.15, 0.2) is 5.60 Å². The zero-order chi connectivity index (χ0) is 21.5. The topological polar surface area (TPSA) is 79.0 Å². The third kappa shape index (κ3) is 3.94. The van der Waals surface area contributed by atoms with Crippen LogP contribution in [0, 0.1) is 0 Å². The Morgan fingerprint density at radius 3 is 2.40 bits per heavy atom. The fraction of sp³-hybridized carbons (Fsp3) is 0.381. The van der Waals surface area contributed by atoms with Gasteiger partial charge in [0.1, 0.15) is 5.75 Å². The SMILES string of the molecule is CC(C)(Oc1ccc(Cl)cc1)C(=O)NCCN1c2ccccc2N(C2CC2)S1(=O)=O. The minimum atomic E-state index is -3.64. The lowest BCUT2D eigenvalue weighted by Gasteiger charge is -2.26. The number of carbonyl (C=O) groups is 1. The average molecular weight is 450 g/mol. The zero-order valence-corrected chi connectivity index (χ0v) is 18.4. The molecule has 1 aliphatic heterocycles. The Bertz CT molecular complexity index is 1050. The van der Waals surface area contributed by atoms with E-state index in [1.165, 1.54) is 8.61 Å². The van der Waals surface area contributed by atoms with Crippen molar-refractivity contribution in [3.05, 3.63) is 53.6 Å². The molecule has 7 nitrogen and oxygen atoms in total. The molecular formula is C21H24ClN3O4S. The van der Waals surface area contributed by atoms with Crippen LogP contribution in [-0.4, -0.2) is 39.1 Å². The van der Waals surface area contributed by atoms with Gasteiger partial charge in [-0.2, -0.15) is 8.42 Å². The van der Waals surface area contributed by atoms with Gasteiger partial charge in [-0.3, -0.25) is 4.79 Å². The van der Waals surface area contributed by atoms with Gasteiger partial charge in [0.2, 0.25) is 0 Å². The quantitative estimate of drug-likeness (QED) is 0.703. The third-order valence-corrected chi connectivity index (χ3v) is 7.31. The van der Waals surface area contributed by atoms with Gasteiger partial charge in [0.25, 0.3) is 5.91 Å². The van der Waals surface area contributed by atoms with Crippen LogP contribution in [0.25, 0.3) is 0 Å². The number of benzene rings is 2. The van der Waals surface area contributed by atoms with Crippen LogP contribution in [0.15, 0.2) is 48.5 Å². The number of fused-ring (bicyclic) bond motifs is 1. The zero-order valence-electron chi connectivity index (χ0n) is 16.8. The first-order chi connectivity index (χ1) is 14.2. The van der Waals surface area contributed by atoms with Gasteiger partial charge in [0.05, 0.1) is 17.9 Å². The van der Waals surface area contributed by atoms with Gasteiger partial charge in [-0.05, 0) is 63.1 Å². The number of anilines is 2. The summed E-state index contributed by atoms with van der Waals surface area (Å²) in [5, 5.41) is 3.38. The summed E-state index contributed by atoms with van der Waals surface area (Å²) >= 11 is 5.88. The highest BCUT2D eigenvalue weighted by Crippen LogP contribution is 2.46. The van der Waals surface area contributed by atoms with E-state index in [2.05, 4.69) is 5.32 Å². The van der Waals surface area contributed by atoms with E-state index >= 15 is 0 Å². The minimum Gasteiger partial charge on any atom is -0.478 e. The predicted octanol–water partition coefficient (Wildman–Crippen LogP) is 3.35. The van der Waals surface area contributed by atoms with Crippen molar-refractivity contribution in [2.45, 2.75) is 38.3 Å². The lowest BCUT2D eigenvalue weighted by atomic mass is 10.1. The number of rotatable bonds is 7. The van der Waals surface area contributed by atoms with E-state index in [1.807, 2.05) is 18.2 Å². The molecule has 1 aliphatic carbocycles. The fourth-order valence-corrected chi connectivity index (χ4v) is 5.53. The summed E-state index contributed by atoms with van der Waals surface area (Å²) < 4.78 is 34.8. The smallest absolute Gasteiger partial charge is 0.326 e. The summed E-state index contributed by atoms with van der Waals surface area (Å²) in [6.45, 7) is 3.63. The second kappa shape index (κ2) is 7.67. The van der Waals surface area contributed by atoms with Crippen LogP contribution < -0.4 is 18.7 Å². The van der Waals surface area contributed by atoms with Gasteiger partial charge in [-0.15, -0.1) is 0 Å². The lowest BCUT2D eigenvalue weighted by molar-refractivity contribution is -0.134. The van der Waals surface area contributed by atoms with E-state index in [4.69, 9.17) is 16.3 Å². The number of hydrogen-bond donors (Lipinski definition) is 1. The van der Waals surface area contributed by atoms with Gasteiger partial charge in [-0.1, -0.05) is 23.7 Å². The minimum absolute atomic E-state index is 0.0300. The van der Waals surface area contributed by atoms with Crippen LogP contribution in [0.3, 0.4) is 0 Å². The molecule has 2 aliphatic rings. The summed E-state index contributed by atoms with van der Waals surface area (Å²) in [5.74, 6) is 0.192. The van der Waals surface area contributed by atoms with Crippen LogP contribution in [0.1, 0.15) is 26.7 Å². The van der Waals surface area contributed by atoms with Gasteiger partial charge < -0.3 is 10.1 Å². The Morgan fingerprint density at radius 2 is 1.77 bits per heavy atom. The molecule has 1 N–H and O–H groups in total. The molecule has 0 aromatic heterocycles. The molecule has 30 heavy (non-hydrogen) atoms. The predicted molar refractivity (Wildman–Crippen MR) is 117 cm³/mol. The van der Waals surface area contributed by atoms with E-state index in [1.54, 1.807) is 44.2 Å². The highest BCUT2D eigenvalue weighted by Gasteiger charge is 2.47. The highest BCUT2D eigenvalue weighted by atomic mass is 35.5. The molecule has 2 aromatic rings. The van der Waals surface area contributed by atoms with Gasteiger partial charge >= 0.3 is 10.2 Å². The first kappa shape index (κ1) is 20.8. The van der Waals surface area contributed by atoms with Crippen LogP contribution in [0.4, 0.5) is 11.4 Å². The Kier molecular flexibility index (Phi) is 5.32. The number of amides is 1. The molecule has 160 valence electrons. The van der Waals surface area contributed by atoms with Crippen molar-refractivity contribution >= 4 is 39.1 Å². The van der Waals surface area contributed by atoms with E-state index in [0.29, 0.717) is 22.1 Å². The maximum absolute atomic E-state index is 13.1. The second-order valence-corrected chi connectivity index (χ2v) is 10.1. The van der Waals surface area contributed by atoms with Crippen molar-refractivity contribution < 1.29 is 17.9 Å². The standard InChI is InChI=1S/C21H24ClN3O4S/c1-21(2,29-17-11-7-15(22)8-12-17)20(26)23-13-14-24-18-5-3-4-6-19(18)25(16-9-10-16)30(24,27)28/h3-8,11-12,16H,9-10,13-14H2,1-2H3,(H,23,26). The van der Waals surface area contributed by atoms with Crippen LogP contribution in [0.2, 0.25) is 5.02 Å². The molecule has 4 rings (SSSR count). The molecule has 0 unspecified atom stereocenters. The molecule has 2 aromatic carbocycles. The summed E-state index contributed by atoms with van der Waals surface area (Å²) in [4.78, 5) is 12.7. The molecule has 9 heteroatoms. The molecule has 0 atom stereocenters. The first-order valence-electron chi connectivity index (χ1n) is 9.84. The van der Waals surface area contributed by atoms with Gasteiger partial charge in [-0.25, -0.2) is 8.61 Å². The largest absolute Gasteiger partial charge is 0.478 e. The van der Waals surface area contributed by atoms with Crippen LogP contribution in [-0.2, 0) is 15.0 Å². The first-order valence-corrected chi connectivity index (χ1v) is 11.6. The molecule has 0 saturated heterocycles. The van der Waals surface area contributed by atoms with Crippen LogP contribution in [0.5, 0.6) is 5.75 Å². The third-order valence-electron chi connectivity index (χ3n) is 5.13. The summed E-state index contributed by atoms with van der Waals surface area (Å²) in [6.07, 6.45) is 1.74. The average Bonchev–Trinajstić information content (AvgIpc) is 3.49. The number of nitrogens with zero attached hydrogens (tertiary/aromatic N) is 2. The van der Waals surface area contributed by atoms with Crippen molar-refractivity contribution in [2.24, 2.45) is 0 Å². The molecule has 1 amide bonds. The van der Waals surface area contributed by atoms with Crippen molar-refractivity contribution in [1.29, 1.82) is 0 Å². The summed E-state index contributed by atoms with van der Waals surface area (Å²) in [7, 11) is -3.64. The van der Waals surface area contributed by atoms with E-state index in [-0.39, 0.29) is 25.0 Å². The molecule has 1 saturated carbocycles. The second-order valence-electron chi connectivity index (χ2n) is 7.92. The molecule has 1 fully saturated rings. The Hall–Kier alpha value is -2.45. The molecule has 1 heterocycles. The number of ether oxygens (including phenoxy) is 1. The van der Waals surface area contributed by atoms with E-state index in [0.717, 1.165) is 12.8 Å². The highest BCUT2D eigenvalue weighted by molar-refractivity contribution is 7.94. The van der Waals surface area contributed by atoms with E-state index in [9.17, 15) is 13.2 Å².